The Morgan fingerprint density at radius 1 is 0.527 bits per heavy atom. The highest BCUT2D eigenvalue weighted by Gasteiger charge is 2.23. The summed E-state index contributed by atoms with van der Waals surface area (Å²) in [5.74, 6) is -0.316. The van der Waals surface area contributed by atoms with Gasteiger partial charge in [0.2, 0.25) is 11.9 Å². The summed E-state index contributed by atoms with van der Waals surface area (Å²) in [6.07, 6.45) is 1.30. The molecular weight excluding hydrogens is 718 g/mol. The van der Waals surface area contributed by atoms with E-state index in [9.17, 15) is 28.8 Å². The van der Waals surface area contributed by atoms with Gasteiger partial charge in [-0.15, -0.1) is 0 Å². The van der Waals surface area contributed by atoms with Crippen molar-refractivity contribution in [1.82, 2.24) is 31.5 Å². The molecule has 0 unspecified atom stereocenters. The number of rotatable bonds is 18. The number of alkyl carbamates (subject to hydrolysis) is 4. The van der Waals surface area contributed by atoms with Gasteiger partial charge in [-0.1, -0.05) is 12.8 Å². The van der Waals surface area contributed by atoms with Crippen molar-refractivity contribution in [3.63, 3.8) is 0 Å². The minimum atomic E-state index is -0.768. The molecule has 0 radical (unpaired) electrons. The molecule has 0 aromatic rings. The van der Waals surface area contributed by atoms with Crippen LogP contribution in [-0.2, 0) is 28.5 Å². The Hall–Kier alpha value is -4.51. The Balaban J connectivity index is 4.41. The third-order valence-corrected chi connectivity index (χ3v) is 6.32. The van der Waals surface area contributed by atoms with Crippen molar-refractivity contribution in [1.29, 1.82) is 0 Å². The number of carbonyl (C=O) groups is 6. The van der Waals surface area contributed by atoms with Gasteiger partial charge in [0, 0.05) is 32.6 Å². The van der Waals surface area contributed by atoms with Crippen LogP contribution in [0.25, 0.3) is 0 Å². The first-order valence-electron chi connectivity index (χ1n) is 18.9. The van der Waals surface area contributed by atoms with Crippen LogP contribution in [0.1, 0.15) is 134 Å². The fraction of sp³-hybridized carbons (Fsp3) is 0.811. The molecular formula is C37H69N7O11. The van der Waals surface area contributed by atoms with Gasteiger partial charge >= 0.3 is 30.5 Å². The maximum atomic E-state index is 12.7. The van der Waals surface area contributed by atoms with Crippen molar-refractivity contribution in [3.8, 4) is 0 Å². The zero-order valence-corrected chi connectivity index (χ0v) is 35.3. The molecule has 0 aliphatic heterocycles. The molecule has 0 rings (SSSR count). The molecule has 0 aliphatic carbocycles. The largest absolute Gasteiger partial charge is 0.450 e. The summed E-state index contributed by atoms with van der Waals surface area (Å²) in [6, 6.07) is 0. The van der Waals surface area contributed by atoms with Crippen molar-refractivity contribution in [2.24, 2.45) is 4.99 Å². The van der Waals surface area contributed by atoms with E-state index in [0.29, 0.717) is 58.3 Å². The maximum Gasteiger partial charge on any atom is 0.414 e. The number of hydrogen-bond acceptors (Lipinski definition) is 12. The molecule has 5 N–H and O–H groups in total. The topological polar surface area (TPSA) is 224 Å². The summed E-state index contributed by atoms with van der Waals surface area (Å²) in [5.41, 5.74) is -2.76. The van der Waals surface area contributed by atoms with E-state index in [1.807, 2.05) is 0 Å². The first-order chi connectivity index (χ1) is 25.2. The Labute approximate surface area is 327 Å². The molecule has 18 nitrogen and oxygen atoms in total. The quantitative estimate of drug-likeness (QED) is 0.0352. The van der Waals surface area contributed by atoms with E-state index in [4.69, 9.17) is 23.7 Å². The highest BCUT2D eigenvalue weighted by Crippen LogP contribution is 2.12. The van der Waals surface area contributed by atoms with E-state index in [-0.39, 0.29) is 31.6 Å². The zero-order valence-electron chi connectivity index (χ0n) is 35.3. The highest BCUT2D eigenvalue weighted by atomic mass is 16.6. The normalized spacial score (nSPS) is 11.6. The molecule has 0 aliphatic rings. The minimum Gasteiger partial charge on any atom is -0.450 e. The third kappa shape index (κ3) is 32.6. The average molecular weight is 788 g/mol. The maximum absolute atomic E-state index is 12.7. The lowest BCUT2D eigenvalue weighted by Crippen LogP contribution is -2.47. The van der Waals surface area contributed by atoms with Crippen LogP contribution in [0.5, 0.6) is 0 Å². The standard InChI is InChI=1S/C37H69N7O11/c1-34(2,3)52-30(47)39-22-19-24-44(33(50)55-37(10,11)12)23-17-18-25-51-29(46)41-26-40-27(45)20-15-13-14-16-21-38-28(42-31(48)53-35(4,5)6)43-32(49)54-36(7,8)9/h13-26H2,1-12H3,(H,39,47)(H,40,45)(H,41,46)(H2,38,42,43,48,49). The Morgan fingerprint density at radius 2 is 1.04 bits per heavy atom. The molecule has 0 saturated heterocycles. The van der Waals surface area contributed by atoms with Gasteiger partial charge in [0.05, 0.1) is 13.3 Å². The molecule has 0 bridgehead atoms. The van der Waals surface area contributed by atoms with Crippen LogP contribution in [0.2, 0.25) is 0 Å². The molecule has 0 aromatic carbocycles. The predicted molar refractivity (Wildman–Crippen MR) is 208 cm³/mol. The van der Waals surface area contributed by atoms with Crippen LogP contribution in [-0.4, -0.2) is 109 Å². The number of carbonyl (C=O) groups excluding carboxylic acids is 6. The lowest BCUT2D eigenvalue weighted by molar-refractivity contribution is -0.121. The van der Waals surface area contributed by atoms with Gasteiger partial charge in [0.1, 0.15) is 22.4 Å². The van der Waals surface area contributed by atoms with E-state index in [2.05, 4.69) is 31.6 Å². The molecule has 55 heavy (non-hydrogen) atoms. The predicted octanol–water partition coefficient (Wildman–Crippen LogP) is 6.07. The van der Waals surface area contributed by atoms with Gasteiger partial charge < -0.3 is 44.5 Å². The number of nitrogens with one attached hydrogen (secondary N) is 5. The number of aliphatic imine (C=N–C) groups is 1. The van der Waals surface area contributed by atoms with Crippen molar-refractivity contribution < 1.29 is 52.5 Å². The van der Waals surface area contributed by atoms with Crippen molar-refractivity contribution in [3.05, 3.63) is 0 Å². The molecule has 0 heterocycles. The minimum absolute atomic E-state index is 0.0862. The van der Waals surface area contributed by atoms with Gasteiger partial charge in [-0.3, -0.25) is 20.4 Å². The summed E-state index contributed by atoms with van der Waals surface area (Å²) in [4.78, 5) is 79.1. The highest BCUT2D eigenvalue weighted by molar-refractivity contribution is 6.01. The molecule has 18 heteroatoms. The summed E-state index contributed by atoms with van der Waals surface area (Å²) < 4.78 is 26.4. The Bertz CT molecular complexity index is 1220. The fourth-order valence-corrected chi connectivity index (χ4v) is 4.17. The smallest absolute Gasteiger partial charge is 0.414 e. The number of hydrogen-bond donors (Lipinski definition) is 5. The van der Waals surface area contributed by atoms with Gasteiger partial charge in [-0.2, -0.15) is 0 Å². The lowest BCUT2D eigenvalue weighted by Gasteiger charge is -2.27. The summed E-state index contributed by atoms with van der Waals surface area (Å²) in [5, 5.41) is 12.6. The van der Waals surface area contributed by atoms with Gasteiger partial charge in [-0.05, 0) is 115 Å². The number of unbranched alkanes of at least 4 members (excludes halogenated alkanes) is 4. The first kappa shape index (κ1) is 50.5. The summed E-state index contributed by atoms with van der Waals surface area (Å²) >= 11 is 0. The van der Waals surface area contributed by atoms with Crippen LogP contribution in [0, 0.1) is 0 Å². The van der Waals surface area contributed by atoms with Crippen LogP contribution in [0.4, 0.5) is 24.0 Å². The molecule has 318 valence electrons. The number of guanidine groups is 1. The summed E-state index contributed by atoms with van der Waals surface area (Å²) in [6.45, 7) is 22.3. The Kier molecular flexibility index (Phi) is 22.8. The number of amides is 6. The fourth-order valence-electron chi connectivity index (χ4n) is 4.17. The second kappa shape index (κ2) is 24.8. The van der Waals surface area contributed by atoms with E-state index >= 15 is 0 Å². The summed E-state index contributed by atoms with van der Waals surface area (Å²) in [7, 11) is 0. The van der Waals surface area contributed by atoms with E-state index in [0.717, 1.165) is 12.8 Å². The molecule has 0 atom stereocenters. The molecule has 0 saturated carbocycles. The van der Waals surface area contributed by atoms with Crippen LogP contribution < -0.4 is 26.6 Å². The lowest BCUT2D eigenvalue weighted by atomic mass is 10.1. The van der Waals surface area contributed by atoms with Crippen molar-refractivity contribution >= 4 is 42.3 Å². The van der Waals surface area contributed by atoms with Crippen molar-refractivity contribution in [2.45, 2.75) is 157 Å². The number of ether oxygens (including phenoxy) is 5. The monoisotopic (exact) mass is 788 g/mol. The molecule has 0 fully saturated rings. The average Bonchev–Trinajstić information content (AvgIpc) is 2.97. The second-order valence-corrected chi connectivity index (χ2v) is 16.7. The van der Waals surface area contributed by atoms with E-state index in [1.165, 1.54) is 0 Å². The van der Waals surface area contributed by atoms with E-state index in [1.54, 1.807) is 88.0 Å². The van der Waals surface area contributed by atoms with Crippen LogP contribution >= 0.6 is 0 Å². The molecule has 0 aromatic heterocycles. The van der Waals surface area contributed by atoms with Crippen LogP contribution in [0.15, 0.2) is 4.99 Å². The Morgan fingerprint density at radius 3 is 1.58 bits per heavy atom. The second-order valence-electron chi connectivity index (χ2n) is 16.7. The van der Waals surface area contributed by atoms with Gasteiger partial charge in [0.15, 0.2) is 0 Å². The molecule has 0 spiro atoms. The zero-order chi connectivity index (χ0) is 42.3. The molecule has 6 amide bonds. The first-order valence-corrected chi connectivity index (χ1v) is 18.9. The SMILES string of the molecule is CC(C)(C)OC(=O)NCCCN(CCCCOC(=O)NCNC(=O)CCCCCCN=C(NC(=O)OC(C)(C)C)NC(=O)OC(C)(C)C)C(=O)OC(C)(C)C. The van der Waals surface area contributed by atoms with Gasteiger partial charge in [0.25, 0.3) is 0 Å². The number of nitrogens with zero attached hydrogens (tertiary/aromatic N) is 2. The van der Waals surface area contributed by atoms with E-state index < -0.39 is 52.9 Å². The van der Waals surface area contributed by atoms with Gasteiger partial charge in [-0.25, -0.2) is 24.0 Å². The third-order valence-electron chi connectivity index (χ3n) is 6.32. The van der Waals surface area contributed by atoms with Crippen LogP contribution in [0.3, 0.4) is 0 Å². The van der Waals surface area contributed by atoms with Crippen molar-refractivity contribution in [2.75, 3.05) is 39.5 Å².